The second-order valence-electron chi connectivity index (χ2n) is 7.18. The van der Waals surface area contributed by atoms with E-state index in [2.05, 4.69) is 29.7 Å². The standard InChI is InChI=1S/C24H34N4O2/c1-5-25-24(27-17-21-11-7-8-12-22(21)18-30-6-2)26-15-14-19-10-9-13-20(16-19)23(29)28(3)4/h7-13,16H,5-6,14-15,17-18H2,1-4H3,(H2,25,26,27). The van der Waals surface area contributed by atoms with Crippen molar-refractivity contribution < 1.29 is 9.53 Å². The molecule has 2 N–H and O–H groups in total. The molecule has 0 heterocycles. The predicted molar refractivity (Wildman–Crippen MR) is 123 cm³/mol. The summed E-state index contributed by atoms with van der Waals surface area (Å²) in [6, 6.07) is 16.0. The van der Waals surface area contributed by atoms with Crippen molar-refractivity contribution in [2.45, 2.75) is 33.4 Å². The summed E-state index contributed by atoms with van der Waals surface area (Å²) in [7, 11) is 3.53. The Kier molecular flexibility index (Phi) is 9.87. The van der Waals surface area contributed by atoms with Gasteiger partial charge in [0, 0.05) is 39.4 Å². The molecule has 0 atom stereocenters. The first-order chi connectivity index (χ1) is 14.5. The molecule has 0 unspecified atom stereocenters. The Balaban J connectivity index is 1.97. The minimum Gasteiger partial charge on any atom is -0.377 e. The van der Waals surface area contributed by atoms with Gasteiger partial charge in [0.15, 0.2) is 5.96 Å². The SMILES string of the molecule is CCNC(=NCc1ccccc1COCC)NCCc1cccc(C(=O)N(C)C)c1. The van der Waals surface area contributed by atoms with Gasteiger partial charge < -0.3 is 20.3 Å². The van der Waals surface area contributed by atoms with Crippen LogP contribution in [-0.2, 0) is 24.3 Å². The van der Waals surface area contributed by atoms with Gasteiger partial charge >= 0.3 is 0 Å². The number of nitrogens with zero attached hydrogens (tertiary/aromatic N) is 2. The zero-order chi connectivity index (χ0) is 21.8. The molecule has 2 rings (SSSR count). The maximum absolute atomic E-state index is 12.1. The first-order valence-corrected chi connectivity index (χ1v) is 10.5. The fourth-order valence-electron chi connectivity index (χ4n) is 3.01. The number of hydrogen-bond donors (Lipinski definition) is 2. The molecule has 0 radical (unpaired) electrons. The summed E-state index contributed by atoms with van der Waals surface area (Å²) in [5.41, 5.74) is 4.16. The molecule has 0 bridgehead atoms. The van der Waals surface area contributed by atoms with Gasteiger partial charge in [-0.05, 0) is 49.1 Å². The van der Waals surface area contributed by atoms with Gasteiger partial charge in [-0.2, -0.15) is 0 Å². The lowest BCUT2D eigenvalue weighted by atomic mass is 10.1. The number of carbonyl (C=O) groups is 1. The number of hydrogen-bond acceptors (Lipinski definition) is 3. The number of rotatable bonds is 10. The van der Waals surface area contributed by atoms with E-state index in [1.54, 1.807) is 19.0 Å². The van der Waals surface area contributed by atoms with Crippen molar-refractivity contribution >= 4 is 11.9 Å². The van der Waals surface area contributed by atoms with Gasteiger partial charge in [-0.3, -0.25) is 4.79 Å². The highest BCUT2D eigenvalue weighted by atomic mass is 16.5. The Morgan fingerprint density at radius 1 is 1.03 bits per heavy atom. The van der Waals surface area contributed by atoms with E-state index in [4.69, 9.17) is 9.73 Å². The minimum atomic E-state index is 0.0189. The summed E-state index contributed by atoms with van der Waals surface area (Å²) in [6.07, 6.45) is 0.805. The van der Waals surface area contributed by atoms with Crippen molar-refractivity contribution in [3.63, 3.8) is 0 Å². The van der Waals surface area contributed by atoms with Crippen LogP contribution in [0.15, 0.2) is 53.5 Å². The maximum Gasteiger partial charge on any atom is 0.253 e. The molecule has 0 aliphatic heterocycles. The molecule has 0 spiro atoms. The molecule has 162 valence electrons. The minimum absolute atomic E-state index is 0.0189. The monoisotopic (exact) mass is 410 g/mol. The highest BCUT2D eigenvalue weighted by Crippen LogP contribution is 2.11. The van der Waals surface area contributed by atoms with Crippen molar-refractivity contribution in [3.05, 3.63) is 70.8 Å². The second kappa shape index (κ2) is 12.6. The summed E-state index contributed by atoms with van der Waals surface area (Å²) in [6.45, 7) is 7.46. The number of carbonyl (C=O) groups excluding carboxylic acids is 1. The summed E-state index contributed by atoms with van der Waals surface area (Å²) in [4.78, 5) is 18.5. The largest absolute Gasteiger partial charge is 0.377 e. The first kappa shape index (κ1) is 23.4. The third kappa shape index (κ3) is 7.52. The van der Waals surface area contributed by atoms with Crippen LogP contribution in [0.3, 0.4) is 0 Å². The number of amides is 1. The van der Waals surface area contributed by atoms with Gasteiger partial charge in [0.1, 0.15) is 0 Å². The molecule has 0 aliphatic rings. The van der Waals surface area contributed by atoms with Gasteiger partial charge in [-0.1, -0.05) is 36.4 Å². The van der Waals surface area contributed by atoms with Gasteiger partial charge in [0.25, 0.3) is 5.91 Å². The smallest absolute Gasteiger partial charge is 0.253 e. The first-order valence-electron chi connectivity index (χ1n) is 10.5. The molecule has 2 aromatic rings. The predicted octanol–water partition coefficient (Wildman–Crippen LogP) is 3.22. The van der Waals surface area contributed by atoms with Crippen molar-refractivity contribution in [1.82, 2.24) is 15.5 Å². The number of aliphatic imine (C=N–C) groups is 1. The van der Waals surface area contributed by atoms with Crippen LogP contribution in [0.1, 0.15) is 40.9 Å². The number of guanidine groups is 1. The fourth-order valence-corrected chi connectivity index (χ4v) is 3.01. The van der Waals surface area contributed by atoms with E-state index in [1.165, 1.54) is 5.56 Å². The fraction of sp³-hybridized carbons (Fsp3) is 0.417. The second-order valence-corrected chi connectivity index (χ2v) is 7.18. The third-order valence-corrected chi connectivity index (χ3v) is 4.62. The summed E-state index contributed by atoms with van der Waals surface area (Å²) < 4.78 is 5.56. The molecular formula is C24H34N4O2. The number of benzene rings is 2. The van der Waals surface area contributed by atoms with Crippen LogP contribution in [0, 0.1) is 0 Å². The van der Waals surface area contributed by atoms with Gasteiger partial charge in [-0.25, -0.2) is 4.99 Å². The molecule has 6 nitrogen and oxygen atoms in total. The van der Waals surface area contributed by atoms with Crippen LogP contribution in [0.4, 0.5) is 0 Å². The molecule has 30 heavy (non-hydrogen) atoms. The topological polar surface area (TPSA) is 66.0 Å². The van der Waals surface area contributed by atoms with Crippen LogP contribution in [0.25, 0.3) is 0 Å². The van der Waals surface area contributed by atoms with E-state index in [9.17, 15) is 4.79 Å². The van der Waals surface area contributed by atoms with Crippen molar-refractivity contribution in [1.29, 1.82) is 0 Å². The molecule has 0 fully saturated rings. The molecule has 1 amide bonds. The molecule has 2 aromatic carbocycles. The molecule has 0 aromatic heterocycles. The highest BCUT2D eigenvalue weighted by Gasteiger charge is 2.08. The van der Waals surface area contributed by atoms with Crippen LogP contribution >= 0.6 is 0 Å². The lowest BCUT2D eigenvalue weighted by Crippen LogP contribution is -2.38. The third-order valence-electron chi connectivity index (χ3n) is 4.62. The molecular weight excluding hydrogens is 376 g/mol. The Labute approximate surface area is 180 Å². The van der Waals surface area contributed by atoms with E-state index < -0.39 is 0 Å². The van der Waals surface area contributed by atoms with Gasteiger partial charge in [0.05, 0.1) is 13.2 Å². The molecule has 0 saturated heterocycles. The highest BCUT2D eigenvalue weighted by molar-refractivity contribution is 5.94. The van der Waals surface area contributed by atoms with Crippen LogP contribution in [0.2, 0.25) is 0 Å². The van der Waals surface area contributed by atoms with Gasteiger partial charge in [-0.15, -0.1) is 0 Å². The average molecular weight is 411 g/mol. The quantitative estimate of drug-likeness (QED) is 0.466. The van der Waals surface area contributed by atoms with E-state index in [1.807, 2.05) is 43.3 Å². The van der Waals surface area contributed by atoms with Crippen molar-refractivity contribution in [3.8, 4) is 0 Å². The number of nitrogens with one attached hydrogen (secondary N) is 2. The van der Waals surface area contributed by atoms with Gasteiger partial charge in [0.2, 0.25) is 0 Å². The summed E-state index contributed by atoms with van der Waals surface area (Å²) >= 11 is 0. The van der Waals surface area contributed by atoms with Crippen molar-refractivity contribution in [2.75, 3.05) is 33.8 Å². The maximum atomic E-state index is 12.1. The Morgan fingerprint density at radius 3 is 2.50 bits per heavy atom. The lowest BCUT2D eigenvalue weighted by molar-refractivity contribution is 0.0827. The van der Waals surface area contributed by atoms with Crippen LogP contribution < -0.4 is 10.6 Å². The zero-order valence-corrected chi connectivity index (χ0v) is 18.6. The average Bonchev–Trinajstić information content (AvgIpc) is 2.76. The molecule has 6 heteroatoms. The lowest BCUT2D eigenvalue weighted by Gasteiger charge is -2.13. The van der Waals surface area contributed by atoms with E-state index in [-0.39, 0.29) is 5.91 Å². The Bertz CT molecular complexity index is 833. The summed E-state index contributed by atoms with van der Waals surface area (Å²) in [5.74, 6) is 0.801. The normalized spacial score (nSPS) is 11.3. The van der Waals surface area contributed by atoms with E-state index in [0.29, 0.717) is 25.3 Å². The van der Waals surface area contributed by atoms with E-state index >= 15 is 0 Å². The van der Waals surface area contributed by atoms with Crippen molar-refractivity contribution in [2.24, 2.45) is 4.99 Å². The number of ether oxygens (including phenoxy) is 1. The molecule has 0 saturated carbocycles. The van der Waals surface area contributed by atoms with Crippen LogP contribution in [-0.4, -0.2) is 50.6 Å². The Hall–Kier alpha value is -2.86. The summed E-state index contributed by atoms with van der Waals surface area (Å²) in [5, 5.41) is 6.68. The van der Waals surface area contributed by atoms with E-state index in [0.717, 1.165) is 36.6 Å². The zero-order valence-electron chi connectivity index (χ0n) is 18.6. The van der Waals surface area contributed by atoms with Crippen LogP contribution in [0.5, 0.6) is 0 Å². The Morgan fingerprint density at radius 2 is 1.80 bits per heavy atom. The molecule has 0 aliphatic carbocycles.